The summed E-state index contributed by atoms with van der Waals surface area (Å²) in [6, 6.07) is 9.17. The van der Waals surface area contributed by atoms with Crippen molar-refractivity contribution >= 4 is 17.5 Å². The molecule has 2 N–H and O–H groups in total. The normalized spacial score (nSPS) is 19.8. The lowest BCUT2D eigenvalue weighted by atomic mass is 9.87. The molecule has 1 aliphatic heterocycles. The van der Waals surface area contributed by atoms with Crippen LogP contribution in [0, 0.1) is 6.92 Å². The third kappa shape index (κ3) is 6.10. The third-order valence-corrected chi connectivity index (χ3v) is 7.28. The molecule has 6 nitrogen and oxygen atoms in total. The van der Waals surface area contributed by atoms with Crippen LogP contribution in [-0.2, 0) is 15.0 Å². The Morgan fingerprint density at radius 3 is 2.34 bits per heavy atom. The highest BCUT2D eigenvalue weighted by atomic mass is 16.2. The number of amides is 2. The van der Waals surface area contributed by atoms with E-state index >= 15 is 0 Å². The molecule has 1 saturated carbocycles. The Kier molecular flexibility index (Phi) is 7.90. The molecule has 2 amide bonds. The highest BCUT2D eigenvalue weighted by molar-refractivity contribution is 6.03. The van der Waals surface area contributed by atoms with Crippen LogP contribution in [0.3, 0.4) is 0 Å². The van der Waals surface area contributed by atoms with Gasteiger partial charge in [0.25, 0.3) is 0 Å². The summed E-state index contributed by atoms with van der Waals surface area (Å²) in [5, 5.41) is 6.63. The van der Waals surface area contributed by atoms with Crippen LogP contribution in [0.2, 0.25) is 0 Å². The molecule has 2 atom stereocenters. The van der Waals surface area contributed by atoms with E-state index in [0.717, 1.165) is 61.9 Å². The van der Waals surface area contributed by atoms with Crippen LogP contribution in [0.15, 0.2) is 42.7 Å². The van der Waals surface area contributed by atoms with Gasteiger partial charge in [-0.1, -0.05) is 58.2 Å². The molecule has 1 aromatic heterocycles. The van der Waals surface area contributed by atoms with Crippen molar-refractivity contribution in [2.24, 2.45) is 0 Å². The maximum atomic E-state index is 14.0. The molecule has 2 heterocycles. The Hall–Kier alpha value is -2.73. The van der Waals surface area contributed by atoms with E-state index in [9.17, 15) is 9.59 Å². The number of nitrogens with one attached hydrogen (secondary N) is 2. The molecule has 1 aromatic carbocycles. The molecular weight excluding hydrogens is 436 g/mol. The van der Waals surface area contributed by atoms with Gasteiger partial charge in [-0.15, -0.1) is 0 Å². The van der Waals surface area contributed by atoms with Crippen molar-refractivity contribution in [1.82, 2.24) is 15.6 Å². The summed E-state index contributed by atoms with van der Waals surface area (Å²) in [5.74, 6) is -0.188. The van der Waals surface area contributed by atoms with E-state index < -0.39 is 6.04 Å². The molecule has 2 fully saturated rings. The predicted molar refractivity (Wildman–Crippen MR) is 140 cm³/mol. The number of hydrogen-bond donors (Lipinski definition) is 2. The molecule has 188 valence electrons. The number of hydrogen-bond acceptors (Lipinski definition) is 4. The summed E-state index contributed by atoms with van der Waals surface area (Å²) in [4.78, 5) is 34.0. The topological polar surface area (TPSA) is 74.3 Å². The van der Waals surface area contributed by atoms with E-state index in [4.69, 9.17) is 0 Å². The average Bonchev–Trinajstić information content (AvgIpc) is 3.37. The Morgan fingerprint density at radius 2 is 1.74 bits per heavy atom. The molecule has 1 aliphatic carbocycles. The minimum absolute atomic E-state index is 0.00139. The number of anilines is 1. The average molecular weight is 477 g/mol. The Bertz CT molecular complexity index is 1020. The van der Waals surface area contributed by atoms with E-state index in [1.165, 1.54) is 12.0 Å². The minimum Gasteiger partial charge on any atom is -0.351 e. The Morgan fingerprint density at radius 1 is 1.03 bits per heavy atom. The molecule has 1 saturated heterocycles. The summed E-state index contributed by atoms with van der Waals surface area (Å²) in [6.45, 7) is 9.30. The lowest BCUT2D eigenvalue weighted by molar-refractivity contribution is -0.128. The van der Waals surface area contributed by atoms with Crippen molar-refractivity contribution in [2.75, 3.05) is 11.4 Å². The summed E-state index contributed by atoms with van der Waals surface area (Å²) in [5.41, 5.74) is 3.63. The quantitative estimate of drug-likeness (QED) is 0.618. The summed E-state index contributed by atoms with van der Waals surface area (Å²) >= 11 is 0. The zero-order valence-corrected chi connectivity index (χ0v) is 21.6. The largest absolute Gasteiger partial charge is 0.351 e. The van der Waals surface area contributed by atoms with Gasteiger partial charge in [0.15, 0.2) is 0 Å². The van der Waals surface area contributed by atoms with Gasteiger partial charge in [-0.25, -0.2) is 0 Å². The zero-order chi connectivity index (χ0) is 25.0. The van der Waals surface area contributed by atoms with Gasteiger partial charge >= 0.3 is 0 Å². The number of benzene rings is 1. The standard InChI is InChI=1S/C29H40N4O2/c1-20-17-21(19-30-18-20)26(27(34)32-23-9-6-5-7-10-23)33(28(35)25-11-8-16-31-25)24-14-12-22(13-15-24)29(2,3)4/h12-15,17-19,23,25-26,31H,5-11,16H2,1-4H3,(H,32,34). The molecule has 6 heteroatoms. The second kappa shape index (κ2) is 10.9. The van der Waals surface area contributed by atoms with Crippen LogP contribution in [-0.4, -0.2) is 35.4 Å². The lowest BCUT2D eigenvalue weighted by Crippen LogP contribution is -2.51. The van der Waals surface area contributed by atoms with Gasteiger partial charge in [0.2, 0.25) is 11.8 Å². The maximum Gasteiger partial charge on any atom is 0.248 e. The molecule has 2 aromatic rings. The fourth-order valence-electron chi connectivity index (χ4n) is 5.26. The fourth-order valence-corrected chi connectivity index (χ4v) is 5.26. The number of carbonyl (C=O) groups excluding carboxylic acids is 2. The van der Waals surface area contributed by atoms with Crippen molar-refractivity contribution in [3.05, 3.63) is 59.4 Å². The summed E-state index contributed by atoms with van der Waals surface area (Å²) in [6.07, 6.45) is 10.7. The number of pyridine rings is 1. The van der Waals surface area contributed by atoms with Crippen molar-refractivity contribution in [2.45, 2.75) is 96.2 Å². The van der Waals surface area contributed by atoms with Crippen LogP contribution < -0.4 is 15.5 Å². The Labute approximate surface area is 209 Å². The monoisotopic (exact) mass is 476 g/mol. The summed E-state index contributed by atoms with van der Waals surface area (Å²) in [7, 11) is 0. The van der Waals surface area contributed by atoms with E-state index in [2.05, 4.69) is 48.5 Å². The molecule has 35 heavy (non-hydrogen) atoms. The van der Waals surface area contributed by atoms with E-state index in [-0.39, 0.29) is 29.3 Å². The van der Waals surface area contributed by atoms with Crippen LogP contribution in [0.25, 0.3) is 0 Å². The molecule has 4 rings (SSSR count). The van der Waals surface area contributed by atoms with Gasteiger partial charge < -0.3 is 10.6 Å². The molecular formula is C29H40N4O2. The van der Waals surface area contributed by atoms with E-state index in [1.807, 2.05) is 25.1 Å². The first kappa shape index (κ1) is 25.4. The van der Waals surface area contributed by atoms with Crippen LogP contribution >= 0.6 is 0 Å². The van der Waals surface area contributed by atoms with Crippen molar-refractivity contribution in [3.63, 3.8) is 0 Å². The number of aromatic nitrogens is 1. The van der Waals surface area contributed by atoms with Crippen LogP contribution in [0.4, 0.5) is 5.69 Å². The van der Waals surface area contributed by atoms with Crippen molar-refractivity contribution in [3.8, 4) is 0 Å². The number of carbonyl (C=O) groups is 2. The zero-order valence-electron chi connectivity index (χ0n) is 21.6. The van der Waals surface area contributed by atoms with Gasteiger partial charge in [-0.2, -0.15) is 0 Å². The second-order valence-electron chi connectivity index (χ2n) is 11.2. The van der Waals surface area contributed by atoms with E-state index in [0.29, 0.717) is 0 Å². The van der Waals surface area contributed by atoms with Crippen LogP contribution in [0.1, 0.15) is 88.4 Å². The van der Waals surface area contributed by atoms with Crippen molar-refractivity contribution < 1.29 is 9.59 Å². The third-order valence-electron chi connectivity index (χ3n) is 7.28. The number of nitrogens with zero attached hydrogens (tertiary/aromatic N) is 2. The molecule has 0 radical (unpaired) electrons. The van der Waals surface area contributed by atoms with Crippen LogP contribution in [0.5, 0.6) is 0 Å². The van der Waals surface area contributed by atoms with Gasteiger partial charge in [-0.3, -0.25) is 19.5 Å². The van der Waals surface area contributed by atoms with Gasteiger partial charge in [0.1, 0.15) is 6.04 Å². The summed E-state index contributed by atoms with van der Waals surface area (Å²) < 4.78 is 0. The van der Waals surface area contributed by atoms with Crippen molar-refractivity contribution in [1.29, 1.82) is 0 Å². The second-order valence-corrected chi connectivity index (χ2v) is 11.2. The Balaban J connectivity index is 1.76. The molecule has 0 bridgehead atoms. The molecule has 2 unspecified atom stereocenters. The first-order valence-electron chi connectivity index (χ1n) is 13.1. The van der Waals surface area contributed by atoms with E-state index in [1.54, 1.807) is 17.3 Å². The first-order valence-corrected chi connectivity index (χ1v) is 13.1. The number of rotatable bonds is 6. The highest BCUT2D eigenvalue weighted by Gasteiger charge is 2.38. The molecule has 2 aliphatic rings. The lowest BCUT2D eigenvalue weighted by Gasteiger charge is -2.35. The minimum atomic E-state index is -0.778. The maximum absolute atomic E-state index is 14.0. The fraction of sp³-hybridized carbons (Fsp3) is 0.552. The first-order chi connectivity index (χ1) is 16.7. The number of aryl methyl sites for hydroxylation is 1. The van der Waals surface area contributed by atoms with Gasteiger partial charge in [0.05, 0.1) is 6.04 Å². The van der Waals surface area contributed by atoms with Gasteiger partial charge in [0, 0.05) is 29.7 Å². The molecule has 0 spiro atoms. The SMILES string of the molecule is Cc1cncc(C(C(=O)NC2CCCCC2)N(C(=O)C2CCCN2)c2ccc(C(C)(C)C)cc2)c1. The highest BCUT2D eigenvalue weighted by Crippen LogP contribution is 2.32. The smallest absolute Gasteiger partial charge is 0.248 e. The predicted octanol–water partition coefficient (Wildman–Crippen LogP) is 4.96. The van der Waals surface area contributed by atoms with Gasteiger partial charge in [-0.05, 0) is 67.8 Å².